The number of para-hydroxylation sites is 1. The first-order valence-corrected chi connectivity index (χ1v) is 11.8. The Kier molecular flexibility index (Phi) is 5.59. The number of nitrogens with one attached hydrogen (secondary N) is 2. The molecule has 0 radical (unpaired) electrons. The molecule has 0 unspecified atom stereocenters. The summed E-state index contributed by atoms with van der Waals surface area (Å²) in [6.07, 6.45) is 7.68. The lowest BCUT2D eigenvalue weighted by molar-refractivity contribution is 0.309. The topological polar surface area (TPSA) is 120 Å². The zero-order valence-electron chi connectivity index (χ0n) is 19.2. The van der Waals surface area contributed by atoms with Crippen LogP contribution < -0.4 is 15.8 Å². The molecule has 3 aromatic heterocycles. The molecule has 0 amide bonds. The number of nitrogen functional groups attached to an aromatic ring is 1. The van der Waals surface area contributed by atoms with Crippen molar-refractivity contribution in [1.82, 2.24) is 35.0 Å². The van der Waals surface area contributed by atoms with E-state index in [2.05, 4.69) is 20.4 Å². The molecular formula is C26H26N8O. The number of hydrogen-bond donors (Lipinski definition) is 3. The molecule has 9 heteroatoms. The fraction of sp³-hybridized carbons (Fsp3) is 0.231. The third-order valence-corrected chi connectivity index (χ3v) is 6.32. The van der Waals surface area contributed by atoms with Gasteiger partial charge in [-0.1, -0.05) is 36.4 Å². The number of imidazole rings is 1. The Hall–Kier alpha value is -4.24. The van der Waals surface area contributed by atoms with Crippen LogP contribution in [0.2, 0.25) is 0 Å². The summed E-state index contributed by atoms with van der Waals surface area (Å²) in [5.41, 5.74) is 11.0. The Morgan fingerprint density at radius 2 is 1.86 bits per heavy atom. The molecule has 0 atom stereocenters. The van der Waals surface area contributed by atoms with E-state index < -0.39 is 0 Å². The second-order valence-electron chi connectivity index (χ2n) is 8.69. The lowest BCUT2D eigenvalue weighted by Crippen LogP contribution is -2.29. The van der Waals surface area contributed by atoms with E-state index in [-0.39, 0.29) is 0 Å². The summed E-state index contributed by atoms with van der Waals surface area (Å²) >= 11 is 0. The van der Waals surface area contributed by atoms with Gasteiger partial charge in [0.15, 0.2) is 11.6 Å². The summed E-state index contributed by atoms with van der Waals surface area (Å²) in [6, 6.07) is 16.3. The number of nitrogens with zero attached hydrogens (tertiary/aromatic N) is 5. The van der Waals surface area contributed by atoms with Gasteiger partial charge >= 0.3 is 0 Å². The molecule has 1 fully saturated rings. The molecule has 1 aliphatic heterocycles. The van der Waals surface area contributed by atoms with E-state index in [1.807, 2.05) is 65.6 Å². The zero-order chi connectivity index (χ0) is 23.6. The summed E-state index contributed by atoms with van der Waals surface area (Å²) in [5.74, 6) is 1.55. The van der Waals surface area contributed by atoms with Crippen molar-refractivity contribution in [1.29, 1.82) is 0 Å². The molecule has 35 heavy (non-hydrogen) atoms. The number of anilines is 1. The van der Waals surface area contributed by atoms with E-state index in [0.717, 1.165) is 48.1 Å². The normalized spacial score (nSPS) is 14.4. The highest BCUT2D eigenvalue weighted by molar-refractivity contribution is 5.85. The van der Waals surface area contributed by atoms with Gasteiger partial charge in [-0.3, -0.25) is 4.68 Å². The van der Waals surface area contributed by atoms with E-state index in [1.54, 1.807) is 6.20 Å². The summed E-state index contributed by atoms with van der Waals surface area (Å²) in [6.45, 7) is 2.48. The average molecular weight is 467 g/mol. The second kappa shape index (κ2) is 9.19. The van der Waals surface area contributed by atoms with Gasteiger partial charge < -0.3 is 20.8 Å². The van der Waals surface area contributed by atoms with E-state index in [4.69, 9.17) is 20.4 Å². The number of rotatable bonds is 6. The molecule has 0 saturated carbocycles. The van der Waals surface area contributed by atoms with Crippen molar-refractivity contribution in [2.75, 3.05) is 18.8 Å². The van der Waals surface area contributed by atoms with Crippen LogP contribution in [0.3, 0.4) is 0 Å². The van der Waals surface area contributed by atoms with Crippen molar-refractivity contribution in [3.05, 3.63) is 72.7 Å². The minimum atomic E-state index is 0.310. The molecule has 1 saturated heterocycles. The predicted octanol–water partition coefficient (Wildman–Crippen LogP) is 3.97. The van der Waals surface area contributed by atoms with Gasteiger partial charge in [0.2, 0.25) is 0 Å². The number of H-pyrrole nitrogens is 1. The number of aromatic nitrogens is 6. The Balaban J connectivity index is 1.30. The average Bonchev–Trinajstić information content (AvgIpc) is 3.57. The first-order chi connectivity index (χ1) is 17.2. The number of hydrogen-bond acceptors (Lipinski definition) is 7. The number of fused-ring (bicyclic) bond motifs is 1. The van der Waals surface area contributed by atoms with Gasteiger partial charge in [-0.15, -0.1) is 0 Å². The highest BCUT2D eigenvalue weighted by Gasteiger charge is 2.19. The van der Waals surface area contributed by atoms with Crippen molar-refractivity contribution < 1.29 is 4.74 Å². The Labute approximate surface area is 202 Å². The number of ether oxygens (including phenoxy) is 1. The van der Waals surface area contributed by atoms with E-state index in [0.29, 0.717) is 41.4 Å². The number of nitrogens with two attached hydrogens (primary N) is 1. The zero-order valence-corrected chi connectivity index (χ0v) is 19.2. The fourth-order valence-electron chi connectivity index (χ4n) is 4.42. The van der Waals surface area contributed by atoms with Crippen LogP contribution in [0.1, 0.15) is 24.4 Å². The molecule has 4 N–H and O–H groups in total. The van der Waals surface area contributed by atoms with Gasteiger partial charge in [-0.25, -0.2) is 15.0 Å². The summed E-state index contributed by atoms with van der Waals surface area (Å²) in [5, 5.41) is 7.97. The molecule has 4 heterocycles. The Morgan fingerprint density at radius 1 is 1.00 bits per heavy atom. The van der Waals surface area contributed by atoms with Gasteiger partial charge in [0, 0.05) is 11.8 Å². The molecule has 0 bridgehead atoms. The van der Waals surface area contributed by atoms with E-state index in [9.17, 15) is 0 Å². The molecule has 2 aromatic carbocycles. The number of benzene rings is 2. The molecule has 1 aliphatic rings. The first-order valence-electron chi connectivity index (χ1n) is 11.8. The van der Waals surface area contributed by atoms with Crippen LogP contribution in [0, 0.1) is 0 Å². The maximum absolute atomic E-state index is 6.22. The van der Waals surface area contributed by atoms with Gasteiger partial charge in [0.25, 0.3) is 0 Å². The van der Waals surface area contributed by atoms with E-state index >= 15 is 0 Å². The lowest BCUT2D eigenvalue weighted by Gasteiger charge is -2.22. The van der Waals surface area contributed by atoms with Crippen LogP contribution in [0.15, 0.2) is 67.1 Å². The van der Waals surface area contributed by atoms with E-state index in [1.165, 1.54) is 0 Å². The van der Waals surface area contributed by atoms with Crippen molar-refractivity contribution in [2.45, 2.75) is 25.5 Å². The van der Waals surface area contributed by atoms with Crippen LogP contribution in [0.4, 0.5) is 5.82 Å². The lowest BCUT2D eigenvalue weighted by atomic mass is 10.1. The van der Waals surface area contributed by atoms with Crippen molar-refractivity contribution >= 4 is 16.9 Å². The SMILES string of the molecule is Nc1ncc(-c2cnn(C3CCNCC3)c2)nc1-c1nc2c(OCc3ccccc3)cccc2[nH]1. The van der Waals surface area contributed by atoms with Crippen molar-refractivity contribution in [3.63, 3.8) is 0 Å². The third kappa shape index (κ3) is 4.33. The Morgan fingerprint density at radius 3 is 2.71 bits per heavy atom. The first kappa shape index (κ1) is 21.3. The summed E-state index contributed by atoms with van der Waals surface area (Å²) in [4.78, 5) is 17.3. The van der Waals surface area contributed by atoms with Gasteiger partial charge in [0.1, 0.15) is 23.6 Å². The molecule has 9 nitrogen and oxygen atoms in total. The van der Waals surface area contributed by atoms with Gasteiger partial charge in [0.05, 0.1) is 29.6 Å². The number of aromatic amines is 1. The van der Waals surface area contributed by atoms with Crippen molar-refractivity contribution in [2.24, 2.45) is 0 Å². The van der Waals surface area contributed by atoms with Gasteiger partial charge in [-0.05, 0) is 43.6 Å². The van der Waals surface area contributed by atoms with Gasteiger partial charge in [-0.2, -0.15) is 5.10 Å². The van der Waals surface area contributed by atoms with Crippen LogP contribution in [-0.2, 0) is 6.61 Å². The quantitative estimate of drug-likeness (QED) is 0.346. The summed E-state index contributed by atoms with van der Waals surface area (Å²) < 4.78 is 8.11. The minimum Gasteiger partial charge on any atom is -0.487 e. The number of piperidine rings is 1. The largest absolute Gasteiger partial charge is 0.487 e. The highest BCUT2D eigenvalue weighted by atomic mass is 16.5. The maximum Gasteiger partial charge on any atom is 0.161 e. The van der Waals surface area contributed by atoms with Crippen LogP contribution in [-0.4, -0.2) is 42.8 Å². The molecule has 0 aliphatic carbocycles. The molecular weight excluding hydrogens is 440 g/mol. The smallest absolute Gasteiger partial charge is 0.161 e. The second-order valence-corrected chi connectivity index (χ2v) is 8.69. The van der Waals surface area contributed by atoms with Crippen LogP contribution >= 0.6 is 0 Å². The monoisotopic (exact) mass is 466 g/mol. The Bertz CT molecular complexity index is 1450. The maximum atomic E-state index is 6.22. The highest BCUT2D eigenvalue weighted by Crippen LogP contribution is 2.30. The predicted molar refractivity (Wildman–Crippen MR) is 135 cm³/mol. The van der Waals surface area contributed by atoms with Crippen LogP contribution in [0.25, 0.3) is 33.8 Å². The van der Waals surface area contributed by atoms with Crippen molar-refractivity contribution in [3.8, 4) is 28.5 Å². The third-order valence-electron chi connectivity index (χ3n) is 6.32. The summed E-state index contributed by atoms with van der Waals surface area (Å²) in [7, 11) is 0. The molecule has 5 aromatic rings. The molecule has 6 rings (SSSR count). The standard InChI is InChI=1S/C26H26N8O/c27-25-24(31-21(14-29-25)18-13-30-34(15-18)19-9-11-28-12-10-19)26-32-20-7-4-8-22(23(20)33-26)35-16-17-5-2-1-3-6-17/h1-8,13-15,19,28H,9-12,16H2,(H2,27,29)(H,32,33). The van der Waals surface area contributed by atoms with Crippen LogP contribution in [0.5, 0.6) is 5.75 Å². The molecule has 0 spiro atoms. The fourth-order valence-corrected chi connectivity index (χ4v) is 4.42. The minimum absolute atomic E-state index is 0.310. The molecule has 176 valence electrons.